The molecule has 0 fully saturated rings. The molecular weight excluding hydrogens is 257 g/mol. The first-order chi connectivity index (χ1) is 8.93. The van der Waals surface area contributed by atoms with Crippen LogP contribution in [0.4, 0.5) is 14.9 Å². The summed E-state index contributed by atoms with van der Waals surface area (Å²) in [5.41, 5.74) is 4.13. The van der Waals surface area contributed by atoms with Crippen molar-refractivity contribution in [3.8, 4) is 0 Å². The minimum Gasteiger partial charge on any atom is -0.452 e. The van der Waals surface area contributed by atoms with Crippen LogP contribution in [0.1, 0.15) is 5.56 Å². The number of rotatable bonds is 1. The quantitative estimate of drug-likeness (QED) is 0.509. The Balaban J connectivity index is 2.59. The van der Waals surface area contributed by atoms with E-state index in [0.29, 0.717) is 5.56 Å². The molecule has 3 N–H and O–H groups in total. The number of hydrogen-bond acceptors (Lipinski definition) is 4. The summed E-state index contributed by atoms with van der Waals surface area (Å²) in [5.74, 6) is -2.95. The van der Waals surface area contributed by atoms with Gasteiger partial charge in [-0.1, -0.05) is 6.07 Å². The van der Waals surface area contributed by atoms with Crippen molar-refractivity contribution in [3.05, 3.63) is 29.6 Å². The average molecular weight is 269 g/mol. The fraction of sp³-hybridized carbons (Fsp3) is 0.182. The third-order valence-corrected chi connectivity index (χ3v) is 2.04. The number of ether oxygens (including phenoxy) is 1. The molecule has 1 aromatic carbocycles. The average Bonchev–Trinajstić information content (AvgIpc) is 2.38. The predicted octanol–water partition coefficient (Wildman–Crippen LogP) is 0.460. The molecule has 1 aromatic rings. The Kier molecular flexibility index (Phi) is 4.81. The van der Waals surface area contributed by atoms with Crippen LogP contribution in [0.15, 0.2) is 18.2 Å². The highest BCUT2D eigenvalue weighted by Crippen LogP contribution is 2.14. The zero-order valence-electron chi connectivity index (χ0n) is 10.2. The number of carbonyl (C=O) groups excluding carboxylic acids is 3. The molecule has 7 nitrogen and oxygen atoms in total. The molecule has 0 atom stereocenters. The Morgan fingerprint density at radius 3 is 2.42 bits per heavy atom. The first kappa shape index (κ1) is 14.4. The van der Waals surface area contributed by atoms with Crippen molar-refractivity contribution in [1.29, 1.82) is 0 Å². The second-order valence-corrected chi connectivity index (χ2v) is 3.51. The summed E-state index contributed by atoms with van der Waals surface area (Å²) in [5, 5.41) is 2.06. The minimum atomic E-state index is -1.16. The molecule has 0 aliphatic heterocycles. The molecule has 0 bridgehead atoms. The number of carbonyl (C=O) groups is 3. The molecule has 0 aliphatic rings. The minimum absolute atomic E-state index is 0.135. The van der Waals surface area contributed by atoms with Gasteiger partial charge in [0.15, 0.2) is 0 Å². The maximum absolute atomic E-state index is 13.4. The van der Waals surface area contributed by atoms with Gasteiger partial charge in [-0.2, -0.15) is 0 Å². The summed E-state index contributed by atoms with van der Waals surface area (Å²) < 4.78 is 17.6. The van der Waals surface area contributed by atoms with E-state index >= 15 is 0 Å². The van der Waals surface area contributed by atoms with Crippen LogP contribution < -0.4 is 16.2 Å². The van der Waals surface area contributed by atoms with Gasteiger partial charge in [0.1, 0.15) is 5.82 Å². The molecule has 3 amide bonds. The van der Waals surface area contributed by atoms with Crippen molar-refractivity contribution < 1.29 is 23.5 Å². The van der Waals surface area contributed by atoms with Crippen molar-refractivity contribution in [1.82, 2.24) is 10.9 Å². The van der Waals surface area contributed by atoms with E-state index < -0.39 is 23.7 Å². The summed E-state index contributed by atoms with van der Waals surface area (Å²) >= 11 is 0. The van der Waals surface area contributed by atoms with Gasteiger partial charge in [0.25, 0.3) is 0 Å². The van der Waals surface area contributed by atoms with Crippen LogP contribution in [0, 0.1) is 12.7 Å². The summed E-state index contributed by atoms with van der Waals surface area (Å²) in [4.78, 5) is 33.2. The fourth-order valence-electron chi connectivity index (χ4n) is 1.12. The van der Waals surface area contributed by atoms with Gasteiger partial charge in [0.2, 0.25) is 0 Å². The van der Waals surface area contributed by atoms with E-state index in [2.05, 4.69) is 10.1 Å². The van der Waals surface area contributed by atoms with Gasteiger partial charge in [0.05, 0.1) is 12.8 Å². The zero-order chi connectivity index (χ0) is 14.4. The number of aryl methyl sites for hydroxylation is 1. The van der Waals surface area contributed by atoms with Gasteiger partial charge in [-0.05, 0) is 24.6 Å². The highest BCUT2D eigenvalue weighted by atomic mass is 19.1. The molecule has 1 rings (SSSR count). The van der Waals surface area contributed by atoms with E-state index in [9.17, 15) is 18.8 Å². The summed E-state index contributed by atoms with van der Waals surface area (Å²) in [7, 11) is 1.09. The standard InChI is InChI=1S/C11H12FN3O4/c1-6-3-4-8(7(12)5-6)13-9(16)10(17)14-15-11(18)19-2/h3-5H,1-2H3,(H,13,16)(H,14,17)(H,15,18). The van der Waals surface area contributed by atoms with Crippen molar-refractivity contribution >= 4 is 23.6 Å². The largest absolute Gasteiger partial charge is 0.452 e. The van der Waals surface area contributed by atoms with Crippen molar-refractivity contribution in [3.63, 3.8) is 0 Å². The summed E-state index contributed by atoms with van der Waals surface area (Å²) in [6.07, 6.45) is -0.942. The predicted molar refractivity (Wildman–Crippen MR) is 63.5 cm³/mol. The van der Waals surface area contributed by atoms with Crippen LogP contribution in [0.3, 0.4) is 0 Å². The second kappa shape index (κ2) is 6.34. The molecule has 102 valence electrons. The Morgan fingerprint density at radius 1 is 1.16 bits per heavy atom. The second-order valence-electron chi connectivity index (χ2n) is 3.51. The van der Waals surface area contributed by atoms with E-state index in [1.165, 1.54) is 12.1 Å². The number of hydrogen-bond donors (Lipinski definition) is 3. The summed E-state index contributed by atoms with van der Waals surface area (Å²) in [6, 6.07) is 4.10. The number of halogens is 1. The maximum Gasteiger partial charge on any atom is 0.425 e. The van der Waals surface area contributed by atoms with Crippen LogP contribution >= 0.6 is 0 Å². The van der Waals surface area contributed by atoms with E-state index in [0.717, 1.165) is 7.11 Å². The van der Waals surface area contributed by atoms with E-state index in [4.69, 9.17) is 0 Å². The van der Waals surface area contributed by atoms with Crippen LogP contribution in [0.2, 0.25) is 0 Å². The topological polar surface area (TPSA) is 96.5 Å². The lowest BCUT2D eigenvalue weighted by atomic mass is 10.2. The van der Waals surface area contributed by atoms with E-state index in [1.54, 1.807) is 18.4 Å². The number of methoxy groups -OCH3 is 1. The molecule has 0 unspecified atom stereocenters. The van der Waals surface area contributed by atoms with Crippen molar-refractivity contribution in [2.24, 2.45) is 0 Å². The van der Waals surface area contributed by atoms with Crippen LogP contribution in [0.25, 0.3) is 0 Å². The normalized spacial score (nSPS) is 9.42. The Labute approximate surface area is 108 Å². The molecule has 0 saturated heterocycles. The van der Waals surface area contributed by atoms with Gasteiger partial charge < -0.3 is 10.1 Å². The number of hydrazine groups is 1. The van der Waals surface area contributed by atoms with Gasteiger partial charge in [-0.15, -0.1) is 0 Å². The van der Waals surface area contributed by atoms with Gasteiger partial charge in [-0.3, -0.25) is 15.0 Å². The highest BCUT2D eigenvalue weighted by Gasteiger charge is 2.16. The smallest absolute Gasteiger partial charge is 0.425 e. The number of nitrogens with one attached hydrogen (secondary N) is 3. The first-order valence-electron chi connectivity index (χ1n) is 5.15. The monoisotopic (exact) mass is 269 g/mol. The lowest BCUT2D eigenvalue weighted by molar-refractivity contribution is -0.136. The maximum atomic E-state index is 13.4. The Bertz CT molecular complexity index is 519. The van der Waals surface area contributed by atoms with Crippen molar-refractivity contribution in [2.45, 2.75) is 6.92 Å². The lowest BCUT2D eigenvalue weighted by Crippen LogP contribution is -2.46. The van der Waals surface area contributed by atoms with Crippen LogP contribution in [-0.4, -0.2) is 25.0 Å². The van der Waals surface area contributed by atoms with E-state index in [1.807, 2.05) is 5.43 Å². The molecule has 8 heteroatoms. The SMILES string of the molecule is COC(=O)NNC(=O)C(=O)Nc1ccc(C)cc1F. The molecular formula is C11H12FN3O4. The molecule has 19 heavy (non-hydrogen) atoms. The Morgan fingerprint density at radius 2 is 1.84 bits per heavy atom. The molecule has 0 heterocycles. The van der Waals surface area contributed by atoms with Crippen molar-refractivity contribution in [2.75, 3.05) is 12.4 Å². The van der Waals surface area contributed by atoms with E-state index in [-0.39, 0.29) is 5.69 Å². The first-order valence-corrected chi connectivity index (χ1v) is 5.15. The van der Waals surface area contributed by atoms with Gasteiger partial charge in [0, 0.05) is 0 Å². The molecule has 0 aromatic heterocycles. The fourth-order valence-corrected chi connectivity index (χ4v) is 1.12. The Hall–Kier alpha value is -2.64. The third kappa shape index (κ3) is 4.26. The number of amides is 3. The zero-order valence-corrected chi connectivity index (χ0v) is 10.2. The third-order valence-electron chi connectivity index (χ3n) is 2.04. The highest BCUT2D eigenvalue weighted by molar-refractivity contribution is 6.39. The van der Waals surface area contributed by atoms with Gasteiger partial charge in [-0.25, -0.2) is 14.6 Å². The molecule has 0 saturated carbocycles. The van der Waals surface area contributed by atoms with Gasteiger partial charge >= 0.3 is 17.9 Å². The molecule has 0 radical (unpaired) electrons. The van der Waals surface area contributed by atoms with Crippen LogP contribution in [0.5, 0.6) is 0 Å². The molecule has 0 aliphatic carbocycles. The lowest BCUT2D eigenvalue weighted by Gasteiger charge is -2.08. The summed E-state index contributed by atoms with van der Waals surface area (Å²) in [6.45, 7) is 1.68. The molecule has 0 spiro atoms. The number of anilines is 1. The van der Waals surface area contributed by atoms with Crippen LogP contribution in [-0.2, 0) is 14.3 Å². The number of benzene rings is 1.